The van der Waals surface area contributed by atoms with Gasteiger partial charge in [0.05, 0.1) is 0 Å². The van der Waals surface area contributed by atoms with Crippen molar-refractivity contribution in [3.05, 3.63) is 34.9 Å². The average molecular weight is 321 g/mol. The highest BCUT2D eigenvalue weighted by Crippen LogP contribution is 2.29. The summed E-state index contributed by atoms with van der Waals surface area (Å²) < 4.78 is 39.2. The molecule has 0 aromatic heterocycles. The van der Waals surface area contributed by atoms with Crippen LogP contribution in [0.25, 0.3) is 0 Å². The van der Waals surface area contributed by atoms with Gasteiger partial charge in [0.25, 0.3) is 5.91 Å². The Labute approximate surface area is 126 Å². The summed E-state index contributed by atoms with van der Waals surface area (Å²) >= 11 is 5.75. The molecule has 0 aliphatic carbocycles. The summed E-state index contributed by atoms with van der Waals surface area (Å²) in [5, 5.41) is 0.478. The molecule has 1 aromatic carbocycles. The molecule has 7 heteroatoms. The topological polar surface area (TPSA) is 23.6 Å². The molecule has 116 valence electrons. The van der Waals surface area contributed by atoms with Crippen LogP contribution in [0, 0.1) is 0 Å². The maximum absolute atomic E-state index is 13.1. The molecule has 1 aliphatic heterocycles. The predicted octanol–water partition coefficient (Wildman–Crippen LogP) is 3.05. The lowest BCUT2D eigenvalue weighted by Crippen LogP contribution is -2.62. The maximum atomic E-state index is 13.1. The molecular formula is C14H16ClF3N2O. The quantitative estimate of drug-likeness (QED) is 0.794. The second-order valence-electron chi connectivity index (χ2n) is 5.29. The summed E-state index contributed by atoms with van der Waals surface area (Å²) in [6.07, 6.45) is -4.36. The van der Waals surface area contributed by atoms with Crippen molar-refractivity contribution in [1.82, 2.24) is 9.80 Å². The minimum Gasteiger partial charge on any atom is -0.335 e. The van der Waals surface area contributed by atoms with Gasteiger partial charge in [0, 0.05) is 29.7 Å². The van der Waals surface area contributed by atoms with E-state index in [-0.39, 0.29) is 19.1 Å². The van der Waals surface area contributed by atoms with Crippen LogP contribution in [0.2, 0.25) is 5.02 Å². The van der Waals surface area contributed by atoms with E-state index in [1.54, 1.807) is 19.1 Å². The zero-order chi connectivity index (χ0) is 15.8. The third kappa shape index (κ3) is 3.49. The summed E-state index contributed by atoms with van der Waals surface area (Å²) in [5.41, 5.74) is 0.345. The Kier molecular flexibility index (Phi) is 4.49. The van der Waals surface area contributed by atoms with E-state index in [2.05, 4.69) is 0 Å². The van der Waals surface area contributed by atoms with E-state index >= 15 is 0 Å². The van der Waals surface area contributed by atoms with Crippen molar-refractivity contribution in [1.29, 1.82) is 0 Å². The van der Waals surface area contributed by atoms with Gasteiger partial charge in [-0.25, -0.2) is 0 Å². The SMILES string of the molecule is CC1CN(C(=O)c2ccc(Cl)cc2)CC(C(F)(F)F)N1C. The summed E-state index contributed by atoms with van der Waals surface area (Å²) in [7, 11) is 1.44. The molecule has 2 rings (SSSR count). The Morgan fingerprint density at radius 1 is 1.24 bits per heavy atom. The Morgan fingerprint density at radius 3 is 2.33 bits per heavy atom. The van der Waals surface area contributed by atoms with Crippen molar-refractivity contribution in [2.24, 2.45) is 0 Å². The number of rotatable bonds is 1. The highest BCUT2D eigenvalue weighted by atomic mass is 35.5. The molecule has 0 saturated carbocycles. The number of carbonyl (C=O) groups excluding carboxylic acids is 1. The number of piperazine rings is 1. The van der Waals surface area contributed by atoms with Crippen LogP contribution in [-0.4, -0.2) is 54.1 Å². The number of hydrogen-bond donors (Lipinski definition) is 0. The Hall–Kier alpha value is -1.27. The predicted molar refractivity (Wildman–Crippen MR) is 74.4 cm³/mol. The number of carbonyl (C=O) groups is 1. The molecule has 21 heavy (non-hydrogen) atoms. The summed E-state index contributed by atoms with van der Waals surface area (Å²) in [4.78, 5) is 14.9. The fraction of sp³-hybridized carbons (Fsp3) is 0.500. The number of amides is 1. The van der Waals surface area contributed by atoms with Crippen molar-refractivity contribution in [3.8, 4) is 0 Å². The van der Waals surface area contributed by atoms with Crippen LogP contribution in [-0.2, 0) is 0 Å². The van der Waals surface area contributed by atoms with Crippen LogP contribution in [0.1, 0.15) is 17.3 Å². The van der Waals surface area contributed by atoms with Crippen molar-refractivity contribution >= 4 is 17.5 Å². The molecule has 1 amide bonds. The van der Waals surface area contributed by atoms with E-state index in [1.165, 1.54) is 29.0 Å². The van der Waals surface area contributed by atoms with E-state index < -0.39 is 18.1 Å². The first-order valence-electron chi connectivity index (χ1n) is 6.53. The molecule has 2 unspecified atom stereocenters. The van der Waals surface area contributed by atoms with Crippen LogP contribution in [0.15, 0.2) is 24.3 Å². The second kappa shape index (κ2) is 5.85. The highest BCUT2D eigenvalue weighted by molar-refractivity contribution is 6.30. The lowest BCUT2D eigenvalue weighted by atomic mass is 10.1. The van der Waals surface area contributed by atoms with Gasteiger partial charge in [-0.1, -0.05) is 11.6 Å². The molecular weight excluding hydrogens is 305 g/mol. The van der Waals surface area contributed by atoms with Crippen LogP contribution < -0.4 is 0 Å². The molecule has 0 N–H and O–H groups in total. The zero-order valence-electron chi connectivity index (χ0n) is 11.7. The third-order valence-electron chi connectivity index (χ3n) is 3.82. The Balaban J connectivity index is 2.20. The van der Waals surface area contributed by atoms with Gasteiger partial charge in [-0.3, -0.25) is 9.69 Å². The largest absolute Gasteiger partial charge is 0.405 e. The van der Waals surface area contributed by atoms with Crippen LogP contribution in [0.5, 0.6) is 0 Å². The molecule has 2 atom stereocenters. The number of halogens is 4. The van der Waals surface area contributed by atoms with Crippen LogP contribution in [0.3, 0.4) is 0 Å². The molecule has 0 radical (unpaired) electrons. The van der Waals surface area contributed by atoms with Crippen LogP contribution in [0.4, 0.5) is 13.2 Å². The number of alkyl halides is 3. The number of hydrogen-bond acceptors (Lipinski definition) is 2. The molecule has 1 saturated heterocycles. The lowest BCUT2D eigenvalue weighted by Gasteiger charge is -2.44. The fourth-order valence-electron chi connectivity index (χ4n) is 2.44. The van der Waals surface area contributed by atoms with E-state index in [4.69, 9.17) is 11.6 Å². The van der Waals surface area contributed by atoms with Gasteiger partial charge in [-0.05, 0) is 38.2 Å². The van der Waals surface area contributed by atoms with Gasteiger partial charge < -0.3 is 4.90 Å². The minimum atomic E-state index is -4.36. The molecule has 1 aliphatic rings. The van der Waals surface area contributed by atoms with E-state index in [0.29, 0.717) is 10.6 Å². The van der Waals surface area contributed by atoms with Crippen LogP contribution >= 0.6 is 11.6 Å². The molecule has 1 heterocycles. The van der Waals surface area contributed by atoms with Gasteiger partial charge in [-0.2, -0.15) is 13.2 Å². The molecule has 0 bridgehead atoms. The minimum absolute atomic E-state index is 0.268. The molecule has 1 fully saturated rings. The van der Waals surface area contributed by atoms with E-state index in [9.17, 15) is 18.0 Å². The molecule has 3 nitrogen and oxygen atoms in total. The monoisotopic (exact) mass is 320 g/mol. The van der Waals surface area contributed by atoms with Gasteiger partial charge in [-0.15, -0.1) is 0 Å². The smallest absolute Gasteiger partial charge is 0.335 e. The summed E-state index contributed by atoms with van der Waals surface area (Å²) in [6, 6.07) is 4.15. The van der Waals surface area contributed by atoms with Gasteiger partial charge in [0.2, 0.25) is 0 Å². The van der Waals surface area contributed by atoms with Gasteiger partial charge >= 0.3 is 6.18 Å². The lowest BCUT2D eigenvalue weighted by molar-refractivity contribution is -0.197. The second-order valence-corrected chi connectivity index (χ2v) is 5.73. The van der Waals surface area contributed by atoms with Gasteiger partial charge in [0.1, 0.15) is 6.04 Å². The van der Waals surface area contributed by atoms with Crippen molar-refractivity contribution in [3.63, 3.8) is 0 Å². The summed E-state index contributed by atoms with van der Waals surface area (Å²) in [6.45, 7) is 1.59. The van der Waals surface area contributed by atoms with Crippen molar-refractivity contribution < 1.29 is 18.0 Å². The first-order chi connectivity index (χ1) is 9.70. The Morgan fingerprint density at radius 2 is 1.81 bits per heavy atom. The van der Waals surface area contributed by atoms with E-state index in [0.717, 1.165) is 0 Å². The number of likely N-dealkylation sites (N-methyl/N-ethyl adjacent to an activating group) is 1. The van der Waals surface area contributed by atoms with Crippen molar-refractivity contribution in [2.45, 2.75) is 25.2 Å². The summed E-state index contributed by atoms with van der Waals surface area (Å²) in [5.74, 6) is -0.402. The maximum Gasteiger partial charge on any atom is 0.405 e. The fourth-order valence-corrected chi connectivity index (χ4v) is 2.57. The first kappa shape index (κ1) is 16.1. The normalized spacial score (nSPS) is 24.2. The molecule has 0 spiro atoms. The average Bonchev–Trinajstić information content (AvgIpc) is 2.40. The van der Waals surface area contributed by atoms with Crippen molar-refractivity contribution in [2.75, 3.05) is 20.1 Å². The Bertz CT molecular complexity index is 518. The highest BCUT2D eigenvalue weighted by Gasteiger charge is 2.47. The standard InChI is InChI=1S/C14H16ClF3N2O/c1-9-7-20(8-12(19(9)2)14(16,17)18)13(21)10-3-5-11(15)6-4-10/h3-6,9,12H,7-8H2,1-2H3. The first-order valence-corrected chi connectivity index (χ1v) is 6.91. The van der Waals surface area contributed by atoms with Gasteiger partial charge in [0.15, 0.2) is 0 Å². The molecule has 1 aromatic rings. The number of benzene rings is 1. The zero-order valence-corrected chi connectivity index (χ0v) is 12.4. The van der Waals surface area contributed by atoms with E-state index in [1.807, 2.05) is 0 Å². The number of nitrogens with zero attached hydrogens (tertiary/aromatic N) is 2. The third-order valence-corrected chi connectivity index (χ3v) is 4.07.